The van der Waals surface area contributed by atoms with E-state index in [1.54, 1.807) is 12.1 Å². The number of ether oxygens (including phenoxy) is 2. The molecule has 1 aromatic carbocycles. The van der Waals surface area contributed by atoms with Gasteiger partial charge < -0.3 is 19.3 Å². The third kappa shape index (κ3) is 5.14. The molecule has 1 aliphatic rings. The molecule has 1 fully saturated rings. The number of nitrogens with zero attached hydrogens (tertiary/aromatic N) is 4. The van der Waals surface area contributed by atoms with Crippen molar-refractivity contribution in [2.24, 2.45) is 0 Å². The first-order valence-electron chi connectivity index (χ1n) is 10.4. The zero-order valence-corrected chi connectivity index (χ0v) is 18.8. The molecule has 0 bridgehead atoms. The van der Waals surface area contributed by atoms with Crippen LogP contribution in [0, 0.1) is 13.8 Å². The molecule has 2 aromatic rings. The second-order valence-corrected chi connectivity index (χ2v) is 7.67. The fourth-order valence-corrected chi connectivity index (χ4v) is 3.74. The van der Waals surface area contributed by atoms with Gasteiger partial charge in [0, 0.05) is 43.5 Å². The Kier molecular flexibility index (Phi) is 7.37. The van der Waals surface area contributed by atoms with E-state index in [9.17, 15) is 4.79 Å². The number of amides is 1. The third-order valence-corrected chi connectivity index (χ3v) is 5.13. The van der Waals surface area contributed by atoms with Crippen LogP contribution in [0.15, 0.2) is 18.2 Å². The van der Waals surface area contributed by atoms with Crippen molar-refractivity contribution in [1.82, 2.24) is 14.9 Å². The Bertz CT molecular complexity index is 878. The molecule has 162 valence electrons. The maximum Gasteiger partial charge on any atom is 0.254 e. The largest absolute Gasteiger partial charge is 0.490 e. The van der Waals surface area contributed by atoms with Gasteiger partial charge in [0.25, 0.3) is 5.91 Å². The van der Waals surface area contributed by atoms with E-state index in [-0.39, 0.29) is 5.91 Å². The lowest BCUT2D eigenvalue weighted by Gasteiger charge is -2.35. The molecular weight excluding hydrogens is 404 g/mol. The van der Waals surface area contributed by atoms with Crippen molar-refractivity contribution in [1.29, 1.82) is 0 Å². The average Bonchev–Trinajstić information content (AvgIpc) is 2.72. The summed E-state index contributed by atoms with van der Waals surface area (Å²) in [6.07, 6.45) is 0.859. The molecule has 0 aliphatic carbocycles. The van der Waals surface area contributed by atoms with Crippen LogP contribution in [0.2, 0.25) is 5.02 Å². The maximum atomic E-state index is 13.1. The van der Waals surface area contributed by atoms with Gasteiger partial charge >= 0.3 is 0 Å². The van der Waals surface area contributed by atoms with Gasteiger partial charge in [-0.3, -0.25) is 4.79 Å². The van der Waals surface area contributed by atoms with E-state index in [4.69, 9.17) is 21.1 Å². The number of aryl methyl sites for hydroxylation is 2. The molecule has 1 saturated heterocycles. The third-order valence-electron chi connectivity index (χ3n) is 4.85. The molecule has 7 nitrogen and oxygen atoms in total. The summed E-state index contributed by atoms with van der Waals surface area (Å²) in [5, 5.41) is 0.392. The second kappa shape index (κ2) is 9.98. The standard InChI is InChI=1S/C22H29ClN4O3/c1-5-11-30-21-18(23)13-17(14-19(21)29-6-2)22(28)27-9-7-26(8-10-27)20-12-15(3)24-16(4)25-20/h12-14H,5-11H2,1-4H3. The van der Waals surface area contributed by atoms with Crippen molar-refractivity contribution in [3.8, 4) is 11.5 Å². The minimum atomic E-state index is -0.0606. The normalized spacial score (nSPS) is 14.0. The van der Waals surface area contributed by atoms with Gasteiger partial charge in [0.2, 0.25) is 0 Å². The highest BCUT2D eigenvalue weighted by Crippen LogP contribution is 2.37. The number of hydrogen-bond donors (Lipinski definition) is 0. The number of piperazine rings is 1. The number of aromatic nitrogens is 2. The van der Waals surface area contributed by atoms with Crippen molar-refractivity contribution in [3.05, 3.63) is 40.3 Å². The summed E-state index contributed by atoms with van der Waals surface area (Å²) in [6, 6.07) is 5.38. The van der Waals surface area contributed by atoms with Crippen molar-refractivity contribution in [3.63, 3.8) is 0 Å². The first-order valence-corrected chi connectivity index (χ1v) is 10.8. The molecule has 0 N–H and O–H groups in total. The van der Waals surface area contributed by atoms with Crippen molar-refractivity contribution in [2.75, 3.05) is 44.3 Å². The first kappa shape index (κ1) is 22.2. The molecule has 1 amide bonds. The van der Waals surface area contributed by atoms with Gasteiger partial charge in [-0.2, -0.15) is 0 Å². The molecular formula is C22H29ClN4O3. The molecule has 1 aromatic heterocycles. The zero-order chi connectivity index (χ0) is 21.7. The highest BCUT2D eigenvalue weighted by atomic mass is 35.5. The Morgan fingerprint density at radius 1 is 1.07 bits per heavy atom. The molecule has 1 aliphatic heterocycles. The van der Waals surface area contributed by atoms with Crippen molar-refractivity contribution in [2.45, 2.75) is 34.1 Å². The summed E-state index contributed by atoms with van der Waals surface area (Å²) >= 11 is 6.42. The molecule has 8 heteroatoms. The fraction of sp³-hybridized carbons (Fsp3) is 0.500. The van der Waals surface area contributed by atoms with Gasteiger partial charge in [0.1, 0.15) is 11.6 Å². The first-order chi connectivity index (χ1) is 14.4. The molecule has 0 saturated carbocycles. The van der Waals surface area contributed by atoms with Crippen LogP contribution in [0.3, 0.4) is 0 Å². The van der Waals surface area contributed by atoms with Gasteiger partial charge in [-0.1, -0.05) is 18.5 Å². The van der Waals surface area contributed by atoms with Gasteiger partial charge in [0.15, 0.2) is 11.5 Å². The Balaban J connectivity index is 1.72. The summed E-state index contributed by atoms with van der Waals surface area (Å²) in [5.74, 6) is 2.61. The SMILES string of the molecule is CCCOc1c(Cl)cc(C(=O)N2CCN(c3cc(C)nc(C)n3)CC2)cc1OCC. The highest BCUT2D eigenvalue weighted by molar-refractivity contribution is 6.32. The van der Waals surface area contributed by atoms with Crippen LogP contribution in [0.1, 0.15) is 42.1 Å². The highest BCUT2D eigenvalue weighted by Gasteiger charge is 2.25. The van der Waals surface area contributed by atoms with E-state index in [0.717, 1.165) is 23.8 Å². The van der Waals surface area contributed by atoms with Gasteiger partial charge in [-0.15, -0.1) is 0 Å². The Labute approximate surface area is 183 Å². The van der Waals surface area contributed by atoms with E-state index in [0.29, 0.717) is 61.5 Å². The van der Waals surface area contributed by atoms with E-state index in [1.165, 1.54) is 0 Å². The van der Waals surface area contributed by atoms with Gasteiger partial charge in [0.05, 0.1) is 18.2 Å². The van der Waals surface area contributed by atoms with E-state index < -0.39 is 0 Å². The van der Waals surface area contributed by atoms with E-state index in [1.807, 2.05) is 38.7 Å². The number of carbonyl (C=O) groups is 1. The maximum absolute atomic E-state index is 13.1. The number of anilines is 1. The minimum Gasteiger partial charge on any atom is -0.490 e. The van der Waals surface area contributed by atoms with E-state index in [2.05, 4.69) is 14.9 Å². The fourth-order valence-electron chi connectivity index (χ4n) is 3.48. The lowest BCUT2D eigenvalue weighted by atomic mass is 10.1. The zero-order valence-electron chi connectivity index (χ0n) is 18.1. The molecule has 0 atom stereocenters. The summed E-state index contributed by atoms with van der Waals surface area (Å²) in [5.41, 5.74) is 1.45. The molecule has 2 heterocycles. The van der Waals surface area contributed by atoms with Gasteiger partial charge in [-0.25, -0.2) is 9.97 Å². The van der Waals surface area contributed by atoms with Crippen LogP contribution in [0.4, 0.5) is 5.82 Å². The number of hydrogen-bond acceptors (Lipinski definition) is 6. The van der Waals surface area contributed by atoms with Crippen LogP contribution in [-0.4, -0.2) is 60.2 Å². The summed E-state index contributed by atoms with van der Waals surface area (Å²) < 4.78 is 11.4. The minimum absolute atomic E-state index is 0.0606. The Hall–Kier alpha value is -2.54. The average molecular weight is 433 g/mol. The van der Waals surface area contributed by atoms with Gasteiger partial charge in [-0.05, 0) is 39.3 Å². The second-order valence-electron chi connectivity index (χ2n) is 7.26. The van der Waals surface area contributed by atoms with Crippen LogP contribution >= 0.6 is 11.6 Å². The Morgan fingerprint density at radius 2 is 1.80 bits per heavy atom. The topological polar surface area (TPSA) is 67.8 Å². The predicted molar refractivity (Wildman–Crippen MR) is 118 cm³/mol. The lowest BCUT2D eigenvalue weighted by molar-refractivity contribution is 0.0746. The summed E-state index contributed by atoms with van der Waals surface area (Å²) in [4.78, 5) is 26.0. The van der Waals surface area contributed by atoms with E-state index >= 15 is 0 Å². The quantitative estimate of drug-likeness (QED) is 0.661. The molecule has 30 heavy (non-hydrogen) atoms. The van der Waals surface area contributed by atoms with Crippen LogP contribution in [0.5, 0.6) is 11.5 Å². The van der Waals surface area contributed by atoms with Crippen LogP contribution in [-0.2, 0) is 0 Å². The Morgan fingerprint density at radius 3 is 2.43 bits per heavy atom. The smallest absolute Gasteiger partial charge is 0.254 e. The number of carbonyl (C=O) groups excluding carboxylic acids is 1. The monoisotopic (exact) mass is 432 g/mol. The summed E-state index contributed by atoms with van der Waals surface area (Å²) in [6.45, 7) is 11.4. The molecule has 0 spiro atoms. The predicted octanol–water partition coefficient (Wildman–Crippen LogP) is 3.90. The molecule has 3 rings (SSSR count). The molecule has 0 unspecified atom stereocenters. The number of benzene rings is 1. The molecule has 0 radical (unpaired) electrons. The van der Waals surface area contributed by atoms with Crippen molar-refractivity contribution < 1.29 is 14.3 Å². The van der Waals surface area contributed by atoms with Crippen LogP contribution in [0.25, 0.3) is 0 Å². The lowest BCUT2D eigenvalue weighted by Crippen LogP contribution is -2.49. The number of halogens is 1. The van der Waals surface area contributed by atoms with Crippen molar-refractivity contribution >= 4 is 23.3 Å². The summed E-state index contributed by atoms with van der Waals surface area (Å²) in [7, 11) is 0. The number of rotatable bonds is 7. The van der Waals surface area contributed by atoms with Crippen LogP contribution < -0.4 is 14.4 Å².